The standard InChI is InChI=1S/C21H24N2O5/c1-26-17-6-3-15(4-7-17)13-20(24)22-19-8-5-16(14-18(19)21(25)27-2)23-9-11-28-12-10-23/h3-8,14H,9-13H2,1-2H3,(H,22,24). The first-order valence-electron chi connectivity index (χ1n) is 9.08. The second-order valence-electron chi connectivity index (χ2n) is 6.39. The zero-order valence-electron chi connectivity index (χ0n) is 16.1. The highest BCUT2D eigenvalue weighted by Crippen LogP contribution is 2.25. The fraction of sp³-hybridized carbons (Fsp3) is 0.333. The molecule has 2 aromatic carbocycles. The number of esters is 1. The summed E-state index contributed by atoms with van der Waals surface area (Å²) in [5.74, 6) is 0.0279. The molecule has 0 spiro atoms. The predicted molar refractivity (Wildman–Crippen MR) is 106 cm³/mol. The van der Waals surface area contributed by atoms with Crippen LogP contribution in [0, 0.1) is 0 Å². The second-order valence-corrected chi connectivity index (χ2v) is 6.39. The third kappa shape index (κ3) is 4.80. The Hall–Kier alpha value is -3.06. The largest absolute Gasteiger partial charge is 0.497 e. The van der Waals surface area contributed by atoms with Crippen LogP contribution in [0.1, 0.15) is 15.9 Å². The Morgan fingerprint density at radius 3 is 2.43 bits per heavy atom. The summed E-state index contributed by atoms with van der Waals surface area (Å²) < 4.78 is 15.4. The van der Waals surface area contributed by atoms with Gasteiger partial charge in [-0.05, 0) is 35.9 Å². The number of benzene rings is 2. The van der Waals surface area contributed by atoms with Crippen LogP contribution in [0.5, 0.6) is 5.75 Å². The van der Waals surface area contributed by atoms with E-state index in [1.807, 2.05) is 18.2 Å². The molecule has 7 heteroatoms. The average molecular weight is 384 g/mol. The number of methoxy groups -OCH3 is 2. The van der Waals surface area contributed by atoms with E-state index in [1.165, 1.54) is 7.11 Å². The lowest BCUT2D eigenvalue weighted by molar-refractivity contribution is -0.115. The molecule has 0 bridgehead atoms. The van der Waals surface area contributed by atoms with Gasteiger partial charge in [-0.3, -0.25) is 4.79 Å². The summed E-state index contributed by atoms with van der Waals surface area (Å²) in [6, 6.07) is 12.7. The van der Waals surface area contributed by atoms with E-state index in [0.717, 1.165) is 30.1 Å². The average Bonchev–Trinajstić information content (AvgIpc) is 2.74. The van der Waals surface area contributed by atoms with Crippen molar-refractivity contribution in [3.8, 4) is 5.75 Å². The lowest BCUT2D eigenvalue weighted by Gasteiger charge is -2.29. The van der Waals surface area contributed by atoms with Gasteiger partial charge in [0.05, 0.1) is 45.1 Å². The van der Waals surface area contributed by atoms with E-state index in [9.17, 15) is 9.59 Å². The van der Waals surface area contributed by atoms with E-state index in [1.54, 1.807) is 31.4 Å². The maximum Gasteiger partial charge on any atom is 0.340 e. The number of amides is 1. The third-order valence-corrected chi connectivity index (χ3v) is 4.58. The normalized spacial score (nSPS) is 13.7. The maximum absolute atomic E-state index is 12.5. The molecule has 0 aromatic heterocycles. The smallest absolute Gasteiger partial charge is 0.340 e. The molecule has 1 saturated heterocycles. The summed E-state index contributed by atoms with van der Waals surface area (Å²) in [6.07, 6.45) is 0.190. The molecule has 3 rings (SSSR count). The van der Waals surface area contributed by atoms with Gasteiger partial charge in [0.2, 0.25) is 5.91 Å². The van der Waals surface area contributed by atoms with Crippen LogP contribution in [0.15, 0.2) is 42.5 Å². The fourth-order valence-corrected chi connectivity index (χ4v) is 3.06. The molecule has 0 unspecified atom stereocenters. The van der Waals surface area contributed by atoms with Crippen LogP contribution >= 0.6 is 0 Å². The van der Waals surface area contributed by atoms with Crippen LogP contribution in [-0.4, -0.2) is 52.4 Å². The van der Waals surface area contributed by atoms with Crippen LogP contribution in [0.4, 0.5) is 11.4 Å². The molecule has 2 aromatic rings. The van der Waals surface area contributed by atoms with Gasteiger partial charge in [0.25, 0.3) is 0 Å². The van der Waals surface area contributed by atoms with Crippen LogP contribution in [0.3, 0.4) is 0 Å². The van der Waals surface area contributed by atoms with Crippen molar-refractivity contribution in [2.45, 2.75) is 6.42 Å². The van der Waals surface area contributed by atoms with Gasteiger partial charge in [0.1, 0.15) is 5.75 Å². The van der Waals surface area contributed by atoms with Crippen molar-refractivity contribution in [2.24, 2.45) is 0 Å². The van der Waals surface area contributed by atoms with E-state index >= 15 is 0 Å². The van der Waals surface area contributed by atoms with Gasteiger partial charge in [-0.1, -0.05) is 12.1 Å². The summed E-state index contributed by atoms with van der Waals surface area (Å²) in [4.78, 5) is 26.9. The quantitative estimate of drug-likeness (QED) is 0.771. The zero-order valence-corrected chi connectivity index (χ0v) is 16.1. The number of nitrogens with zero attached hydrogens (tertiary/aromatic N) is 1. The van der Waals surface area contributed by atoms with Gasteiger partial charge in [-0.25, -0.2) is 4.79 Å². The molecule has 0 atom stereocenters. The van der Waals surface area contributed by atoms with E-state index in [4.69, 9.17) is 14.2 Å². The van der Waals surface area contributed by atoms with Crippen molar-refractivity contribution < 1.29 is 23.8 Å². The first kappa shape index (κ1) is 19.7. The van der Waals surface area contributed by atoms with Crippen LogP contribution in [0.2, 0.25) is 0 Å². The monoisotopic (exact) mass is 384 g/mol. The maximum atomic E-state index is 12.5. The van der Waals surface area contributed by atoms with E-state index in [2.05, 4.69) is 10.2 Å². The highest BCUT2D eigenvalue weighted by molar-refractivity contribution is 6.02. The summed E-state index contributed by atoms with van der Waals surface area (Å²) >= 11 is 0. The van der Waals surface area contributed by atoms with E-state index < -0.39 is 5.97 Å². The van der Waals surface area contributed by atoms with Crippen molar-refractivity contribution in [1.29, 1.82) is 0 Å². The number of nitrogens with one attached hydrogen (secondary N) is 1. The molecule has 1 heterocycles. The number of anilines is 2. The molecule has 1 aliphatic heterocycles. The Balaban J connectivity index is 1.75. The first-order chi connectivity index (χ1) is 13.6. The molecule has 7 nitrogen and oxygen atoms in total. The van der Waals surface area contributed by atoms with Gasteiger partial charge in [0, 0.05) is 18.8 Å². The molecule has 1 N–H and O–H groups in total. The lowest BCUT2D eigenvalue weighted by atomic mass is 10.1. The van der Waals surface area contributed by atoms with Crippen molar-refractivity contribution in [1.82, 2.24) is 0 Å². The first-order valence-corrected chi connectivity index (χ1v) is 9.08. The van der Waals surface area contributed by atoms with Gasteiger partial charge in [0.15, 0.2) is 0 Å². The summed E-state index contributed by atoms with van der Waals surface area (Å²) in [5.41, 5.74) is 2.51. The molecular formula is C21H24N2O5. The Morgan fingerprint density at radius 1 is 1.07 bits per heavy atom. The summed E-state index contributed by atoms with van der Waals surface area (Å²) in [7, 11) is 2.92. The Labute approximate surface area is 164 Å². The minimum Gasteiger partial charge on any atom is -0.497 e. The Bertz CT molecular complexity index is 829. The van der Waals surface area contributed by atoms with Crippen molar-refractivity contribution in [3.05, 3.63) is 53.6 Å². The third-order valence-electron chi connectivity index (χ3n) is 4.58. The van der Waals surface area contributed by atoms with E-state index in [0.29, 0.717) is 24.5 Å². The van der Waals surface area contributed by atoms with E-state index in [-0.39, 0.29) is 12.3 Å². The van der Waals surface area contributed by atoms with Gasteiger partial charge in [-0.2, -0.15) is 0 Å². The van der Waals surface area contributed by atoms with Crippen molar-refractivity contribution >= 4 is 23.3 Å². The van der Waals surface area contributed by atoms with Crippen LogP contribution in [0.25, 0.3) is 0 Å². The fourth-order valence-electron chi connectivity index (χ4n) is 3.06. The summed E-state index contributed by atoms with van der Waals surface area (Å²) in [6.45, 7) is 2.80. The Kier molecular flexibility index (Phi) is 6.49. The number of rotatable bonds is 6. The highest BCUT2D eigenvalue weighted by Gasteiger charge is 2.18. The predicted octanol–water partition coefficient (Wildman–Crippen LogP) is 2.50. The zero-order chi connectivity index (χ0) is 19.9. The number of hydrogen-bond acceptors (Lipinski definition) is 6. The molecule has 0 saturated carbocycles. The second kappa shape index (κ2) is 9.23. The molecule has 0 aliphatic carbocycles. The van der Waals surface area contributed by atoms with Gasteiger partial charge < -0.3 is 24.4 Å². The number of hydrogen-bond donors (Lipinski definition) is 1. The highest BCUT2D eigenvalue weighted by atomic mass is 16.5. The molecular weight excluding hydrogens is 360 g/mol. The number of carbonyl (C=O) groups is 2. The topological polar surface area (TPSA) is 77.1 Å². The number of carbonyl (C=O) groups excluding carboxylic acids is 2. The molecule has 1 amide bonds. The van der Waals surface area contributed by atoms with Gasteiger partial charge in [-0.15, -0.1) is 0 Å². The van der Waals surface area contributed by atoms with Crippen molar-refractivity contribution in [3.63, 3.8) is 0 Å². The number of ether oxygens (including phenoxy) is 3. The molecule has 0 radical (unpaired) electrons. The molecule has 28 heavy (non-hydrogen) atoms. The van der Waals surface area contributed by atoms with Gasteiger partial charge >= 0.3 is 5.97 Å². The molecule has 1 fully saturated rings. The lowest BCUT2D eigenvalue weighted by Crippen LogP contribution is -2.36. The molecule has 148 valence electrons. The van der Waals surface area contributed by atoms with Crippen molar-refractivity contribution in [2.75, 3.05) is 50.7 Å². The Morgan fingerprint density at radius 2 is 1.79 bits per heavy atom. The molecule has 1 aliphatic rings. The van der Waals surface area contributed by atoms with Crippen LogP contribution < -0.4 is 15.0 Å². The van der Waals surface area contributed by atoms with Crippen LogP contribution in [-0.2, 0) is 20.7 Å². The number of morpholine rings is 1. The summed E-state index contributed by atoms with van der Waals surface area (Å²) in [5, 5.41) is 2.82. The minimum absolute atomic E-state index is 0.190. The SMILES string of the molecule is COC(=O)c1cc(N2CCOCC2)ccc1NC(=O)Cc1ccc(OC)cc1. The minimum atomic E-state index is -0.491.